The molecule has 0 saturated heterocycles. The fourth-order valence-corrected chi connectivity index (χ4v) is 12.9. The van der Waals surface area contributed by atoms with Crippen molar-refractivity contribution < 1.29 is 0 Å². The highest BCUT2D eigenvalue weighted by Gasteiger charge is 2.27. The van der Waals surface area contributed by atoms with Crippen LogP contribution in [0.15, 0.2) is 94.5 Å². The molecular weight excluding hydrogens is 929 g/mol. The Morgan fingerprint density at radius 3 is 0.947 bits per heavy atom. The standard InChI is InChI=1S/C70H96N4O2/c1-5-9-13-17-21-23-27-33-41-53(39-31-25-19-15-11-7-3)51-73-67-63-57(49-61(71-67)55-43-35-29-36-44-55)48-60-66-64-58(47-59(65(63)66)69(73)75)50-62(56-45-37-30-38-46-56)72-68(64)74(70(60)76)52-54(40-32-26-20-16-12-8-4)42-34-28-24-22-18-14-10-6-2/h29-30,35-38,43-50,53-54H,5-28,31-34,39-42,51-52H2,1-4H3. The Balaban J connectivity index is 1.26. The minimum atomic E-state index is 0.00768. The van der Waals surface area contributed by atoms with E-state index in [1.807, 2.05) is 12.1 Å². The lowest BCUT2D eigenvalue weighted by molar-refractivity contribution is 0.357. The van der Waals surface area contributed by atoms with Gasteiger partial charge in [0.15, 0.2) is 0 Å². The van der Waals surface area contributed by atoms with Gasteiger partial charge in [0, 0.05) is 56.5 Å². The lowest BCUT2D eigenvalue weighted by Crippen LogP contribution is -2.28. The van der Waals surface area contributed by atoms with Crippen LogP contribution in [0.2, 0.25) is 0 Å². The predicted molar refractivity (Wildman–Crippen MR) is 329 cm³/mol. The van der Waals surface area contributed by atoms with Crippen molar-refractivity contribution in [2.75, 3.05) is 0 Å². The average molecular weight is 1030 g/mol. The maximum Gasteiger partial charge on any atom is 0.260 e. The second kappa shape index (κ2) is 30.2. The SMILES string of the molecule is CCCCCCCCCCC(CCCCCCCC)Cn1c(=O)c2cc3cc(-c4ccccc4)nc4c3c3c(cc5cc(-c6ccccc6)nc1c5c23)c(=O)n4CC(CCCCCCCC)CCCCCCCCCC. The summed E-state index contributed by atoms with van der Waals surface area (Å²) in [6.07, 6.45) is 40.3. The molecule has 8 aromatic rings. The normalized spacial score (nSPS) is 12.9. The maximum absolute atomic E-state index is 15.9. The first-order chi connectivity index (χ1) is 37.4. The molecule has 0 bridgehead atoms. The van der Waals surface area contributed by atoms with Crippen molar-refractivity contribution >= 4 is 54.4 Å². The number of hydrogen-bond acceptors (Lipinski definition) is 4. The second-order valence-electron chi connectivity index (χ2n) is 23.4. The van der Waals surface area contributed by atoms with Gasteiger partial charge in [-0.1, -0.05) is 268 Å². The Morgan fingerprint density at radius 2 is 0.645 bits per heavy atom. The van der Waals surface area contributed by atoms with Gasteiger partial charge in [-0.3, -0.25) is 18.7 Å². The third-order valence-corrected chi connectivity index (χ3v) is 17.3. The monoisotopic (exact) mass is 1020 g/mol. The van der Waals surface area contributed by atoms with E-state index >= 15 is 9.59 Å². The number of hydrogen-bond donors (Lipinski definition) is 0. The van der Waals surface area contributed by atoms with Crippen molar-refractivity contribution in [1.82, 2.24) is 19.1 Å². The Kier molecular flexibility index (Phi) is 22.7. The molecule has 76 heavy (non-hydrogen) atoms. The molecule has 0 aliphatic heterocycles. The molecule has 6 nitrogen and oxygen atoms in total. The zero-order valence-electron chi connectivity index (χ0n) is 47.9. The molecule has 0 radical (unpaired) electrons. The summed E-state index contributed by atoms with van der Waals surface area (Å²) in [5, 5.41) is 7.09. The van der Waals surface area contributed by atoms with Crippen molar-refractivity contribution in [1.29, 1.82) is 0 Å². The molecule has 408 valence electrons. The lowest BCUT2D eigenvalue weighted by atomic mass is 9.89. The molecule has 4 heterocycles. The van der Waals surface area contributed by atoms with Crippen LogP contribution in [0, 0.1) is 11.8 Å². The highest BCUT2D eigenvalue weighted by Crippen LogP contribution is 2.43. The van der Waals surface area contributed by atoms with Gasteiger partial charge in [0.05, 0.1) is 11.4 Å². The molecule has 0 saturated carbocycles. The van der Waals surface area contributed by atoms with E-state index in [1.165, 1.54) is 180 Å². The fraction of sp³-hybridized carbons (Fsp3) is 0.571. The Labute approximate surface area is 457 Å². The van der Waals surface area contributed by atoms with Gasteiger partial charge in [-0.05, 0) is 72.6 Å². The number of rotatable bonds is 38. The van der Waals surface area contributed by atoms with E-state index < -0.39 is 0 Å². The molecular formula is C70H96N4O2. The van der Waals surface area contributed by atoms with E-state index in [0.29, 0.717) is 35.7 Å². The van der Waals surface area contributed by atoms with Gasteiger partial charge < -0.3 is 0 Å². The molecule has 4 aromatic heterocycles. The summed E-state index contributed by atoms with van der Waals surface area (Å²) in [5.74, 6) is 0.739. The van der Waals surface area contributed by atoms with Crippen LogP contribution >= 0.6 is 0 Å². The van der Waals surface area contributed by atoms with Gasteiger partial charge in [-0.2, -0.15) is 0 Å². The average Bonchev–Trinajstić information content (AvgIpc) is 3.57. The summed E-state index contributed by atoms with van der Waals surface area (Å²) in [5.41, 5.74) is 5.22. The largest absolute Gasteiger partial charge is 0.292 e. The van der Waals surface area contributed by atoms with Crippen molar-refractivity contribution in [2.45, 2.75) is 246 Å². The van der Waals surface area contributed by atoms with E-state index in [2.05, 4.69) is 110 Å². The Bertz CT molecular complexity index is 2850. The van der Waals surface area contributed by atoms with Crippen LogP contribution in [0.25, 0.3) is 76.9 Å². The molecule has 0 N–H and O–H groups in total. The number of unbranched alkanes of at least 4 members (excludes halogenated alkanes) is 24. The number of benzene rings is 4. The van der Waals surface area contributed by atoms with Gasteiger partial charge in [-0.25, -0.2) is 9.97 Å². The van der Waals surface area contributed by atoms with Crippen molar-refractivity contribution in [3.8, 4) is 22.5 Å². The first-order valence-corrected chi connectivity index (χ1v) is 31.5. The quantitative estimate of drug-likeness (QED) is 0.0220. The zero-order valence-corrected chi connectivity index (χ0v) is 47.9. The molecule has 2 unspecified atom stereocenters. The molecule has 4 aromatic carbocycles. The molecule has 6 heteroatoms. The van der Waals surface area contributed by atoms with Gasteiger partial charge in [0.2, 0.25) is 0 Å². The number of aromatic nitrogens is 4. The first-order valence-electron chi connectivity index (χ1n) is 31.5. The molecule has 8 rings (SSSR count). The van der Waals surface area contributed by atoms with Gasteiger partial charge in [-0.15, -0.1) is 0 Å². The second-order valence-corrected chi connectivity index (χ2v) is 23.4. The van der Waals surface area contributed by atoms with Crippen LogP contribution in [0.3, 0.4) is 0 Å². The Morgan fingerprint density at radius 1 is 0.355 bits per heavy atom. The fourth-order valence-electron chi connectivity index (χ4n) is 12.9. The molecule has 0 fully saturated rings. The maximum atomic E-state index is 15.9. The number of pyridine rings is 4. The summed E-state index contributed by atoms with van der Waals surface area (Å²) in [4.78, 5) is 42.8. The van der Waals surface area contributed by atoms with Crippen LogP contribution in [0.1, 0.15) is 233 Å². The van der Waals surface area contributed by atoms with E-state index in [1.54, 1.807) is 0 Å². The molecule has 0 spiro atoms. The van der Waals surface area contributed by atoms with Crippen LogP contribution in [0.4, 0.5) is 0 Å². The van der Waals surface area contributed by atoms with Crippen LogP contribution in [0.5, 0.6) is 0 Å². The van der Waals surface area contributed by atoms with Gasteiger partial charge in [0.25, 0.3) is 11.1 Å². The number of nitrogens with zero attached hydrogens (tertiary/aromatic N) is 4. The highest BCUT2D eigenvalue weighted by molar-refractivity contribution is 6.35. The topological polar surface area (TPSA) is 69.8 Å². The van der Waals surface area contributed by atoms with Crippen molar-refractivity contribution in [2.24, 2.45) is 11.8 Å². The molecule has 0 aliphatic carbocycles. The van der Waals surface area contributed by atoms with Gasteiger partial charge in [0.1, 0.15) is 11.3 Å². The minimum absolute atomic E-state index is 0.00768. The van der Waals surface area contributed by atoms with E-state index in [0.717, 1.165) is 91.8 Å². The minimum Gasteiger partial charge on any atom is -0.292 e. The molecule has 0 aliphatic rings. The summed E-state index contributed by atoms with van der Waals surface area (Å²) in [7, 11) is 0. The third-order valence-electron chi connectivity index (χ3n) is 17.3. The highest BCUT2D eigenvalue weighted by atomic mass is 16.1. The smallest absolute Gasteiger partial charge is 0.260 e. The Hall–Kier alpha value is -5.10. The van der Waals surface area contributed by atoms with Crippen molar-refractivity contribution in [3.63, 3.8) is 0 Å². The summed E-state index contributed by atoms with van der Waals surface area (Å²) >= 11 is 0. The van der Waals surface area contributed by atoms with Gasteiger partial charge >= 0.3 is 0 Å². The van der Waals surface area contributed by atoms with Crippen LogP contribution in [-0.2, 0) is 13.1 Å². The van der Waals surface area contributed by atoms with E-state index in [-0.39, 0.29) is 11.1 Å². The van der Waals surface area contributed by atoms with Crippen molar-refractivity contribution in [3.05, 3.63) is 106 Å². The van der Waals surface area contributed by atoms with E-state index in [4.69, 9.17) is 9.97 Å². The zero-order chi connectivity index (χ0) is 52.9. The molecule has 2 atom stereocenters. The van der Waals surface area contributed by atoms with Crippen LogP contribution in [-0.4, -0.2) is 19.1 Å². The summed E-state index contributed by atoms with van der Waals surface area (Å²) in [6, 6.07) is 29.6. The lowest BCUT2D eigenvalue weighted by Gasteiger charge is -2.25. The third kappa shape index (κ3) is 14.7. The summed E-state index contributed by atoms with van der Waals surface area (Å²) < 4.78 is 4.15. The first kappa shape index (κ1) is 57.1. The summed E-state index contributed by atoms with van der Waals surface area (Å²) in [6.45, 7) is 10.5. The van der Waals surface area contributed by atoms with Crippen LogP contribution < -0.4 is 11.1 Å². The molecule has 0 amide bonds. The predicted octanol–water partition coefficient (Wildman–Crippen LogP) is 20.6. The van der Waals surface area contributed by atoms with E-state index in [9.17, 15) is 0 Å².